The summed E-state index contributed by atoms with van der Waals surface area (Å²) in [4.78, 5) is 3.62. The summed E-state index contributed by atoms with van der Waals surface area (Å²) in [5, 5.41) is 0. The molecule has 6 heteroatoms. The minimum absolute atomic E-state index is 0.210. The van der Waals surface area contributed by atoms with Crippen molar-refractivity contribution in [1.82, 2.24) is 4.98 Å². The molecule has 2 rings (SSSR count). The molecule has 1 aromatic rings. The summed E-state index contributed by atoms with van der Waals surface area (Å²) in [7, 11) is 0. The average Bonchev–Trinajstić information content (AvgIpc) is 2.24. The number of aromatic nitrogens is 1. The van der Waals surface area contributed by atoms with E-state index in [4.69, 9.17) is 10.6 Å². The van der Waals surface area contributed by atoms with Gasteiger partial charge in [0.1, 0.15) is 0 Å². The smallest absolute Gasteiger partial charge is 0.252 e. The normalized spacial score (nSPS) is 15.5. The van der Waals surface area contributed by atoms with Crippen LogP contribution in [0.3, 0.4) is 0 Å². The number of ether oxygens (including phenoxy) is 1. The van der Waals surface area contributed by atoms with Crippen molar-refractivity contribution in [3.8, 4) is 5.88 Å². The van der Waals surface area contributed by atoms with Crippen LogP contribution in [-0.2, 0) is 0 Å². The number of rotatable bonds is 5. The molecule has 0 unspecified atom stereocenters. The quantitative estimate of drug-likeness (QED) is 0.615. The zero-order valence-corrected chi connectivity index (χ0v) is 9.38. The van der Waals surface area contributed by atoms with Gasteiger partial charge in [-0.3, -0.25) is 0 Å². The molecule has 1 heterocycles. The van der Waals surface area contributed by atoms with Gasteiger partial charge in [0.15, 0.2) is 17.5 Å². The van der Waals surface area contributed by atoms with E-state index in [0.717, 1.165) is 6.42 Å². The largest absolute Gasteiger partial charge is 0.476 e. The van der Waals surface area contributed by atoms with Crippen molar-refractivity contribution in [2.75, 3.05) is 12.0 Å². The minimum atomic E-state index is -0.837. The summed E-state index contributed by atoms with van der Waals surface area (Å²) in [5.74, 6) is 3.64. The van der Waals surface area contributed by atoms with Gasteiger partial charge in [-0.15, -0.1) is 0 Å². The second-order valence-electron chi connectivity index (χ2n) is 4.18. The van der Waals surface area contributed by atoms with Crippen molar-refractivity contribution in [2.24, 2.45) is 11.8 Å². The van der Waals surface area contributed by atoms with E-state index in [9.17, 15) is 8.78 Å². The van der Waals surface area contributed by atoms with Crippen molar-refractivity contribution in [2.45, 2.75) is 25.7 Å². The van der Waals surface area contributed by atoms with Crippen LogP contribution in [-0.4, -0.2) is 11.6 Å². The van der Waals surface area contributed by atoms with Crippen LogP contribution >= 0.6 is 0 Å². The van der Waals surface area contributed by atoms with Gasteiger partial charge in [0.25, 0.3) is 5.88 Å². The molecule has 0 spiro atoms. The van der Waals surface area contributed by atoms with Crippen LogP contribution in [0.5, 0.6) is 5.88 Å². The number of hydrogen-bond acceptors (Lipinski definition) is 4. The number of hydrogen-bond donors (Lipinski definition) is 2. The van der Waals surface area contributed by atoms with Gasteiger partial charge >= 0.3 is 0 Å². The predicted molar refractivity (Wildman–Crippen MR) is 59.4 cm³/mol. The van der Waals surface area contributed by atoms with Gasteiger partial charge in [-0.25, -0.2) is 14.6 Å². The minimum Gasteiger partial charge on any atom is -0.476 e. The van der Waals surface area contributed by atoms with Crippen molar-refractivity contribution in [3.05, 3.63) is 17.7 Å². The second-order valence-corrected chi connectivity index (χ2v) is 4.18. The monoisotopic (exact) mass is 243 g/mol. The topological polar surface area (TPSA) is 60.2 Å². The third-order valence-electron chi connectivity index (χ3n) is 3.02. The maximum Gasteiger partial charge on any atom is 0.252 e. The molecule has 1 aliphatic carbocycles. The molecule has 94 valence electrons. The first kappa shape index (κ1) is 12.0. The molecule has 1 fully saturated rings. The lowest BCUT2D eigenvalue weighted by Crippen LogP contribution is -2.16. The summed E-state index contributed by atoms with van der Waals surface area (Å²) < 4.78 is 31.5. The number of nitrogens with one attached hydrogen (secondary N) is 1. The van der Waals surface area contributed by atoms with Gasteiger partial charge in [0.05, 0.1) is 6.61 Å². The van der Waals surface area contributed by atoms with Crippen LogP contribution in [0, 0.1) is 17.6 Å². The van der Waals surface area contributed by atoms with E-state index in [0.29, 0.717) is 18.6 Å². The van der Waals surface area contributed by atoms with E-state index < -0.39 is 11.6 Å². The Bertz CT molecular complexity index is 397. The zero-order chi connectivity index (χ0) is 12.3. The Kier molecular flexibility index (Phi) is 3.73. The SMILES string of the molecule is NNc1nc(OCCC2CCC2)c(F)cc1F. The molecule has 0 atom stereocenters. The molecule has 3 N–H and O–H groups in total. The molecule has 0 saturated heterocycles. The van der Waals surface area contributed by atoms with Crippen LogP contribution in [0.25, 0.3) is 0 Å². The fourth-order valence-electron chi connectivity index (χ4n) is 1.76. The maximum absolute atomic E-state index is 13.3. The number of anilines is 1. The van der Waals surface area contributed by atoms with Crippen LogP contribution in [0.1, 0.15) is 25.7 Å². The number of hydrazine groups is 1. The lowest BCUT2D eigenvalue weighted by atomic mass is 9.83. The molecule has 0 amide bonds. The number of halogens is 2. The molecule has 0 aromatic carbocycles. The molecule has 4 nitrogen and oxygen atoms in total. The molecular formula is C11H15F2N3O. The predicted octanol–water partition coefficient (Wildman–Crippen LogP) is 2.21. The number of nitrogens with zero attached hydrogens (tertiary/aromatic N) is 1. The van der Waals surface area contributed by atoms with Crippen molar-refractivity contribution >= 4 is 5.82 Å². The van der Waals surface area contributed by atoms with Crippen LogP contribution < -0.4 is 16.0 Å². The Morgan fingerprint density at radius 1 is 1.41 bits per heavy atom. The van der Waals surface area contributed by atoms with Gasteiger partial charge in [-0.05, 0) is 12.3 Å². The van der Waals surface area contributed by atoms with Crippen LogP contribution in [0.4, 0.5) is 14.6 Å². The van der Waals surface area contributed by atoms with E-state index in [1.807, 2.05) is 0 Å². The fraction of sp³-hybridized carbons (Fsp3) is 0.545. The number of pyridine rings is 1. The van der Waals surface area contributed by atoms with Gasteiger partial charge in [0.2, 0.25) is 0 Å². The van der Waals surface area contributed by atoms with E-state index in [2.05, 4.69) is 10.4 Å². The number of nitrogen functional groups attached to an aromatic ring is 1. The van der Waals surface area contributed by atoms with Gasteiger partial charge in [-0.2, -0.15) is 4.98 Å². The van der Waals surface area contributed by atoms with E-state index in [1.165, 1.54) is 19.3 Å². The highest BCUT2D eigenvalue weighted by molar-refractivity contribution is 5.38. The van der Waals surface area contributed by atoms with E-state index in [1.54, 1.807) is 0 Å². The lowest BCUT2D eigenvalue weighted by molar-refractivity contribution is 0.211. The molecule has 0 radical (unpaired) electrons. The van der Waals surface area contributed by atoms with E-state index in [-0.39, 0.29) is 11.7 Å². The Morgan fingerprint density at radius 2 is 2.18 bits per heavy atom. The lowest BCUT2D eigenvalue weighted by Gasteiger charge is -2.24. The standard InChI is InChI=1S/C11H15F2N3O/c12-8-6-9(13)11(15-10(8)16-14)17-5-4-7-2-1-3-7/h6-7H,1-5,14H2,(H,15,16). The Morgan fingerprint density at radius 3 is 2.76 bits per heavy atom. The van der Waals surface area contributed by atoms with Gasteiger partial charge in [-0.1, -0.05) is 19.3 Å². The number of nitrogens with two attached hydrogens (primary N) is 1. The van der Waals surface area contributed by atoms with Crippen molar-refractivity contribution < 1.29 is 13.5 Å². The molecule has 1 aliphatic rings. The first-order valence-corrected chi connectivity index (χ1v) is 5.66. The molecule has 17 heavy (non-hydrogen) atoms. The Balaban J connectivity index is 1.94. The maximum atomic E-state index is 13.3. The highest BCUT2D eigenvalue weighted by Crippen LogP contribution is 2.29. The summed E-state index contributed by atoms with van der Waals surface area (Å²) in [6, 6.07) is 0.709. The zero-order valence-electron chi connectivity index (χ0n) is 9.38. The third kappa shape index (κ3) is 2.82. The molecule has 1 aromatic heterocycles. The highest BCUT2D eigenvalue weighted by Gasteiger charge is 2.18. The fourth-order valence-corrected chi connectivity index (χ4v) is 1.76. The first-order valence-electron chi connectivity index (χ1n) is 5.66. The Labute approximate surface area is 98.1 Å². The van der Waals surface area contributed by atoms with Crippen molar-refractivity contribution in [3.63, 3.8) is 0 Å². The van der Waals surface area contributed by atoms with Crippen LogP contribution in [0.15, 0.2) is 6.07 Å². The molecule has 1 saturated carbocycles. The summed E-state index contributed by atoms with van der Waals surface area (Å²) in [6.07, 6.45) is 4.55. The van der Waals surface area contributed by atoms with E-state index >= 15 is 0 Å². The third-order valence-corrected chi connectivity index (χ3v) is 3.02. The summed E-state index contributed by atoms with van der Waals surface area (Å²) in [6.45, 7) is 0.393. The summed E-state index contributed by atoms with van der Waals surface area (Å²) >= 11 is 0. The average molecular weight is 243 g/mol. The first-order chi connectivity index (χ1) is 8.20. The molecule has 0 bridgehead atoms. The van der Waals surface area contributed by atoms with Gasteiger partial charge in [0, 0.05) is 6.07 Å². The second kappa shape index (κ2) is 5.27. The molecule has 0 aliphatic heterocycles. The van der Waals surface area contributed by atoms with Gasteiger partial charge < -0.3 is 10.2 Å². The van der Waals surface area contributed by atoms with Crippen molar-refractivity contribution in [1.29, 1.82) is 0 Å². The van der Waals surface area contributed by atoms with Crippen LogP contribution in [0.2, 0.25) is 0 Å². The summed E-state index contributed by atoms with van der Waals surface area (Å²) in [5.41, 5.74) is 2.05. The highest BCUT2D eigenvalue weighted by atomic mass is 19.1. The Hall–Kier alpha value is -1.43. The molecular weight excluding hydrogens is 228 g/mol.